The van der Waals surface area contributed by atoms with Gasteiger partial charge in [0.15, 0.2) is 0 Å². The molecule has 3 aromatic rings. The molecule has 0 aliphatic carbocycles. The third-order valence-electron chi connectivity index (χ3n) is 4.63. The molecule has 4 rings (SSSR count). The van der Waals surface area contributed by atoms with Crippen LogP contribution in [0.4, 0.5) is 0 Å². The first-order chi connectivity index (χ1) is 11.1. The SMILES string of the molecule is Cc1[nH]cnc1C(O)C1C=Cc2c(C)c3ccccc3n2C1=O. The fourth-order valence-corrected chi connectivity index (χ4v) is 3.36. The molecule has 0 fully saturated rings. The molecule has 1 aromatic carbocycles. The molecule has 23 heavy (non-hydrogen) atoms. The van der Waals surface area contributed by atoms with Crippen molar-refractivity contribution in [2.24, 2.45) is 5.92 Å². The van der Waals surface area contributed by atoms with Crippen molar-refractivity contribution < 1.29 is 9.90 Å². The van der Waals surface area contributed by atoms with Gasteiger partial charge >= 0.3 is 0 Å². The first-order valence-electron chi connectivity index (χ1n) is 7.60. The van der Waals surface area contributed by atoms with E-state index in [2.05, 4.69) is 9.97 Å². The minimum atomic E-state index is -0.959. The molecule has 0 saturated carbocycles. The number of hydrogen-bond donors (Lipinski definition) is 2. The molecule has 0 spiro atoms. The molecule has 0 bridgehead atoms. The Morgan fingerprint density at radius 1 is 1.30 bits per heavy atom. The highest BCUT2D eigenvalue weighted by Crippen LogP contribution is 2.34. The number of carbonyl (C=O) groups is 1. The van der Waals surface area contributed by atoms with Crippen LogP contribution in [0.25, 0.3) is 17.0 Å². The van der Waals surface area contributed by atoms with Gasteiger partial charge in [-0.2, -0.15) is 0 Å². The second kappa shape index (κ2) is 4.93. The summed E-state index contributed by atoms with van der Waals surface area (Å²) in [5.41, 5.74) is 4.14. The monoisotopic (exact) mass is 307 g/mol. The third kappa shape index (κ3) is 1.90. The van der Waals surface area contributed by atoms with Crippen molar-refractivity contribution in [1.29, 1.82) is 0 Å². The van der Waals surface area contributed by atoms with Crippen LogP contribution in [-0.2, 0) is 0 Å². The number of aliphatic hydroxyl groups is 1. The van der Waals surface area contributed by atoms with Gasteiger partial charge in [0.2, 0.25) is 5.91 Å². The molecule has 2 unspecified atom stereocenters. The smallest absolute Gasteiger partial charge is 0.241 e. The number of aliphatic hydroxyl groups excluding tert-OH is 1. The highest BCUT2D eigenvalue weighted by atomic mass is 16.3. The van der Waals surface area contributed by atoms with Crippen molar-refractivity contribution in [3.63, 3.8) is 0 Å². The summed E-state index contributed by atoms with van der Waals surface area (Å²) in [6.45, 7) is 3.85. The van der Waals surface area contributed by atoms with Crippen LogP contribution in [0, 0.1) is 19.8 Å². The summed E-state index contributed by atoms with van der Waals surface area (Å²) in [6.07, 6.45) is 4.28. The quantitative estimate of drug-likeness (QED) is 0.764. The molecule has 2 N–H and O–H groups in total. The van der Waals surface area contributed by atoms with Gasteiger partial charge in [-0.3, -0.25) is 9.36 Å². The molecule has 2 aromatic heterocycles. The Labute approximate surface area is 133 Å². The highest BCUT2D eigenvalue weighted by molar-refractivity contribution is 6.01. The van der Waals surface area contributed by atoms with Crippen molar-refractivity contribution in [1.82, 2.24) is 14.5 Å². The highest BCUT2D eigenvalue weighted by Gasteiger charge is 2.34. The van der Waals surface area contributed by atoms with Gasteiger partial charge in [0, 0.05) is 11.1 Å². The molecular formula is C18H17N3O2. The van der Waals surface area contributed by atoms with Gasteiger partial charge in [-0.25, -0.2) is 4.98 Å². The fraction of sp³-hybridized carbons (Fsp3) is 0.222. The van der Waals surface area contributed by atoms with Crippen LogP contribution in [0.1, 0.15) is 33.5 Å². The van der Waals surface area contributed by atoms with Crippen LogP contribution in [0.3, 0.4) is 0 Å². The molecule has 1 aliphatic heterocycles. The largest absolute Gasteiger partial charge is 0.386 e. The maximum Gasteiger partial charge on any atom is 0.241 e. The average Bonchev–Trinajstić information content (AvgIpc) is 3.10. The minimum Gasteiger partial charge on any atom is -0.386 e. The molecule has 1 aliphatic rings. The van der Waals surface area contributed by atoms with Gasteiger partial charge in [0.05, 0.1) is 29.1 Å². The zero-order valence-electron chi connectivity index (χ0n) is 12.9. The number of imidazole rings is 1. The normalized spacial score (nSPS) is 18.4. The maximum absolute atomic E-state index is 13.0. The third-order valence-corrected chi connectivity index (χ3v) is 4.63. The summed E-state index contributed by atoms with van der Waals surface area (Å²) >= 11 is 0. The van der Waals surface area contributed by atoms with Gasteiger partial charge < -0.3 is 10.1 Å². The van der Waals surface area contributed by atoms with Crippen LogP contribution >= 0.6 is 0 Å². The van der Waals surface area contributed by atoms with Crippen LogP contribution in [0.15, 0.2) is 36.7 Å². The lowest BCUT2D eigenvalue weighted by molar-refractivity contribution is 0.0671. The molecule has 0 amide bonds. The summed E-state index contributed by atoms with van der Waals surface area (Å²) in [4.78, 5) is 20.1. The van der Waals surface area contributed by atoms with E-state index in [1.807, 2.05) is 44.2 Å². The number of nitrogens with zero attached hydrogens (tertiary/aromatic N) is 2. The lowest BCUT2D eigenvalue weighted by Gasteiger charge is -2.23. The molecular weight excluding hydrogens is 290 g/mol. The van der Waals surface area contributed by atoms with Gasteiger partial charge in [-0.05, 0) is 31.6 Å². The van der Waals surface area contributed by atoms with Gasteiger partial charge in [0.25, 0.3) is 0 Å². The summed E-state index contributed by atoms with van der Waals surface area (Å²) in [5.74, 6) is -0.763. The number of fused-ring (bicyclic) bond motifs is 3. The molecule has 5 nitrogen and oxygen atoms in total. The zero-order chi connectivity index (χ0) is 16.1. The number of benzene rings is 1. The van der Waals surface area contributed by atoms with E-state index in [1.54, 1.807) is 10.6 Å². The van der Waals surface area contributed by atoms with Crippen LogP contribution in [-0.4, -0.2) is 25.5 Å². The number of hydrogen-bond acceptors (Lipinski definition) is 3. The van der Waals surface area contributed by atoms with Gasteiger partial charge in [-0.1, -0.05) is 24.3 Å². The topological polar surface area (TPSA) is 70.9 Å². The maximum atomic E-state index is 13.0. The van der Waals surface area contributed by atoms with E-state index >= 15 is 0 Å². The Hall–Kier alpha value is -2.66. The summed E-state index contributed by atoms with van der Waals surface area (Å²) in [7, 11) is 0. The number of para-hydroxylation sites is 1. The number of carbonyl (C=O) groups excluding carboxylic acids is 1. The Bertz CT molecular complexity index is 948. The van der Waals surface area contributed by atoms with Gasteiger partial charge in [0.1, 0.15) is 6.10 Å². The number of H-pyrrole nitrogens is 1. The van der Waals surface area contributed by atoms with E-state index in [-0.39, 0.29) is 5.91 Å². The Morgan fingerprint density at radius 2 is 2.09 bits per heavy atom. The molecule has 2 atom stereocenters. The number of nitrogens with one attached hydrogen (secondary N) is 1. The van der Waals surface area contributed by atoms with E-state index in [9.17, 15) is 9.90 Å². The van der Waals surface area contributed by atoms with Crippen molar-refractivity contribution in [2.75, 3.05) is 0 Å². The predicted molar refractivity (Wildman–Crippen MR) is 88.1 cm³/mol. The number of aryl methyl sites for hydroxylation is 2. The molecule has 3 heterocycles. The standard InChI is InChI=1S/C18H17N3O2/c1-10-12-5-3-4-6-15(12)21-14(10)8-7-13(18(21)23)17(22)16-11(2)19-9-20-16/h3-9,13,17,22H,1-2H3,(H,19,20). The molecule has 0 radical (unpaired) electrons. The summed E-state index contributed by atoms with van der Waals surface area (Å²) in [6, 6.07) is 7.84. The van der Waals surface area contributed by atoms with E-state index in [0.29, 0.717) is 5.69 Å². The summed E-state index contributed by atoms with van der Waals surface area (Å²) < 4.78 is 1.71. The first kappa shape index (κ1) is 14.0. The van der Waals surface area contributed by atoms with E-state index in [0.717, 1.165) is 27.9 Å². The zero-order valence-corrected chi connectivity index (χ0v) is 12.9. The number of rotatable bonds is 2. The minimum absolute atomic E-state index is 0.123. The number of aromatic amines is 1. The molecule has 116 valence electrons. The Balaban J connectivity index is 1.84. The van der Waals surface area contributed by atoms with Crippen molar-refractivity contribution in [3.05, 3.63) is 59.3 Å². The predicted octanol–water partition coefficient (Wildman–Crippen LogP) is 3.00. The van der Waals surface area contributed by atoms with E-state index in [1.165, 1.54) is 6.33 Å². The van der Waals surface area contributed by atoms with Crippen LogP contribution in [0.2, 0.25) is 0 Å². The lowest BCUT2D eigenvalue weighted by Crippen LogP contribution is -2.29. The molecule has 5 heteroatoms. The fourth-order valence-electron chi connectivity index (χ4n) is 3.36. The van der Waals surface area contributed by atoms with E-state index in [4.69, 9.17) is 0 Å². The van der Waals surface area contributed by atoms with Crippen molar-refractivity contribution >= 4 is 22.9 Å². The second-order valence-corrected chi connectivity index (χ2v) is 5.94. The first-order valence-corrected chi connectivity index (χ1v) is 7.60. The average molecular weight is 307 g/mol. The lowest BCUT2D eigenvalue weighted by atomic mass is 9.94. The van der Waals surface area contributed by atoms with Crippen LogP contribution < -0.4 is 0 Å². The Kier molecular flexibility index (Phi) is 2.99. The number of aromatic nitrogens is 3. The van der Waals surface area contributed by atoms with E-state index < -0.39 is 12.0 Å². The second-order valence-electron chi connectivity index (χ2n) is 5.94. The van der Waals surface area contributed by atoms with Crippen molar-refractivity contribution in [2.45, 2.75) is 20.0 Å². The van der Waals surface area contributed by atoms with Crippen LogP contribution in [0.5, 0.6) is 0 Å². The molecule has 0 saturated heterocycles. The van der Waals surface area contributed by atoms with Gasteiger partial charge in [-0.15, -0.1) is 0 Å². The Morgan fingerprint density at radius 3 is 2.83 bits per heavy atom. The summed E-state index contributed by atoms with van der Waals surface area (Å²) in [5, 5.41) is 11.7. The van der Waals surface area contributed by atoms with Crippen molar-refractivity contribution in [3.8, 4) is 0 Å².